The highest BCUT2D eigenvalue weighted by Crippen LogP contribution is 2.38. The van der Waals surface area contributed by atoms with E-state index in [0.29, 0.717) is 0 Å². The van der Waals surface area contributed by atoms with E-state index in [-0.39, 0.29) is 30.0 Å². The molecule has 3 rings (SSSR count). The van der Waals surface area contributed by atoms with Crippen molar-refractivity contribution in [2.75, 3.05) is 0 Å². The minimum Gasteiger partial charge on any atom is -0.489 e. The van der Waals surface area contributed by atoms with Gasteiger partial charge in [0.1, 0.15) is 17.9 Å². The Bertz CT molecular complexity index is 1170. The van der Waals surface area contributed by atoms with Crippen LogP contribution in [0.2, 0.25) is 0 Å². The average Bonchev–Trinajstić information content (AvgIpc) is 2.62. The lowest BCUT2D eigenvalue weighted by atomic mass is 10.0. The summed E-state index contributed by atoms with van der Waals surface area (Å²) in [6.45, 7) is -0.979. The van der Waals surface area contributed by atoms with Crippen LogP contribution in [0, 0.1) is 0 Å². The smallest absolute Gasteiger partial charge is 0.417 e. The van der Waals surface area contributed by atoms with E-state index in [9.17, 15) is 44.3 Å². The molecule has 0 aliphatic heterocycles. The largest absolute Gasteiger partial charge is 0.489 e. The summed E-state index contributed by atoms with van der Waals surface area (Å²) in [5.74, 6) is -0.319. The third kappa shape index (κ3) is 4.94. The van der Waals surface area contributed by atoms with Gasteiger partial charge in [-0.05, 0) is 30.3 Å². The quantitative estimate of drug-likeness (QED) is 0.337. The molecule has 0 atom stereocenters. The van der Waals surface area contributed by atoms with Crippen molar-refractivity contribution in [1.82, 2.24) is 0 Å². The van der Waals surface area contributed by atoms with Gasteiger partial charge in [0.2, 0.25) is 0 Å². The van der Waals surface area contributed by atoms with Gasteiger partial charge in [0.05, 0.1) is 16.7 Å². The third-order valence-corrected chi connectivity index (χ3v) is 4.15. The van der Waals surface area contributed by atoms with Gasteiger partial charge < -0.3 is 9.15 Å². The fraction of sp³-hybridized carbons (Fsp3) is 0.211. The van der Waals surface area contributed by atoms with Crippen LogP contribution in [0.1, 0.15) is 22.3 Å². The first-order chi connectivity index (χ1) is 14.2. The zero-order valence-corrected chi connectivity index (χ0v) is 14.9. The molecule has 1 heterocycles. The molecule has 0 amide bonds. The second kappa shape index (κ2) is 7.50. The van der Waals surface area contributed by atoms with Crippen LogP contribution in [0.15, 0.2) is 51.7 Å². The minimum atomic E-state index is -4.97. The van der Waals surface area contributed by atoms with Crippen LogP contribution >= 0.6 is 0 Å². The van der Waals surface area contributed by atoms with Gasteiger partial charge in [-0.2, -0.15) is 39.5 Å². The maximum Gasteiger partial charge on any atom is 0.417 e. The fourth-order valence-electron chi connectivity index (χ4n) is 2.79. The summed E-state index contributed by atoms with van der Waals surface area (Å²) in [6, 6.07) is 3.69. The molecule has 12 heteroatoms. The van der Waals surface area contributed by atoms with Crippen molar-refractivity contribution in [3.8, 4) is 5.75 Å². The molecular weight excluding hydrogens is 447 g/mol. The van der Waals surface area contributed by atoms with Crippen LogP contribution in [0.25, 0.3) is 11.0 Å². The Balaban J connectivity index is 1.98. The van der Waals surface area contributed by atoms with Gasteiger partial charge >= 0.3 is 24.2 Å². The summed E-state index contributed by atoms with van der Waals surface area (Å²) < 4.78 is 127. The summed E-state index contributed by atoms with van der Waals surface area (Å²) in [6.07, 6.45) is -14.8. The van der Waals surface area contributed by atoms with Gasteiger partial charge in [0.15, 0.2) is 0 Å². The van der Waals surface area contributed by atoms with E-state index in [0.717, 1.165) is 18.2 Å². The van der Waals surface area contributed by atoms with Gasteiger partial charge in [-0.25, -0.2) is 4.79 Å². The molecule has 0 aliphatic rings. The lowest BCUT2D eigenvalue weighted by Gasteiger charge is -2.16. The standard InChI is InChI=1S/C19H9F9O3/c20-17(21,22)10-1-4-13(18(23,24)25)9(5-10)8-30-11-2-3-12-14(19(26,27)28)7-16(29)31-15(12)6-11/h1-7H,8H2. The van der Waals surface area contributed by atoms with Crippen molar-refractivity contribution in [2.24, 2.45) is 0 Å². The highest BCUT2D eigenvalue weighted by Gasteiger charge is 2.37. The van der Waals surface area contributed by atoms with Crippen LogP contribution in [0.4, 0.5) is 39.5 Å². The first-order valence-electron chi connectivity index (χ1n) is 8.21. The third-order valence-electron chi connectivity index (χ3n) is 4.15. The molecule has 0 spiro atoms. The maximum atomic E-state index is 13.1. The first-order valence-corrected chi connectivity index (χ1v) is 8.21. The molecule has 0 radical (unpaired) electrons. The molecule has 0 aliphatic carbocycles. The molecule has 3 nitrogen and oxygen atoms in total. The van der Waals surface area contributed by atoms with Crippen LogP contribution < -0.4 is 10.4 Å². The molecule has 2 aromatic carbocycles. The van der Waals surface area contributed by atoms with Gasteiger partial charge in [-0.15, -0.1) is 0 Å². The van der Waals surface area contributed by atoms with E-state index >= 15 is 0 Å². The van der Waals surface area contributed by atoms with Gasteiger partial charge in [-0.3, -0.25) is 0 Å². The monoisotopic (exact) mass is 456 g/mol. The molecule has 31 heavy (non-hydrogen) atoms. The number of rotatable bonds is 3. The normalized spacial score (nSPS) is 12.9. The Hall–Kier alpha value is -3.18. The highest BCUT2D eigenvalue weighted by molar-refractivity contribution is 5.82. The second-order valence-corrected chi connectivity index (χ2v) is 6.29. The van der Waals surface area contributed by atoms with Crippen LogP contribution in [-0.2, 0) is 25.1 Å². The van der Waals surface area contributed by atoms with E-state index < -0.39 is 64.0 Å². The number of fused-ring (bicyclic) bond motifs is 1. The number of alkyl halides is 9. The minimum absolute atomic E-state index is 0.237. The van der Waals surface area contributed by atoms with Crippen LogP contribution in [-0.4, -0.2) is 0 Å². The Morgan fingerprint density at radius 3 is 1.97 bits per heavy atom. The molecule has 3 aromatic rings. The molecular formula is C19H9F9O3. The van der Waals surface area contributed by atoms with Gasteiger partial charge in [-0.1, -0.05) is 0 Å². The summed E-state index contributed by atoms with van der Waals surface area (Å²) in [5, 5.41) is -0.505. The topological polar surface area (TPSA) is 39.4 Å². The fourth-order valence-corrected chi connectivity index (χ4v) is 2.79. The molecule has 0 bridgehead atoms. The van der Waals surface area contributed by atoms with Gasteiger partial charge in [0, 0.05) is 23.1 Å². The predicted octanol–water partition coefficient (Wildman–Crippen LogP) is 6.43. The second-order valence-electron chi connectivity index (χ2n) is 6.29. The van der Waals surface area contributed by atoms with E-state index in [2.05, 4.69) is 4.42 Å². The van der Waals surface area contributed by atoms with E-state index in [1.807, 2.05) is 0 Å². The molecule has 0 unspecified atom stereocenters. The predicted molar refractivity (Wildman–Crippen MR) is 88.3 cm³/mol. The molecule has 0 fully saturated rings. The number of ether oxygens (including phenoxy) is 1. The van der Waals surface area contributed by atoms with Crippen molar-refractivity contribution in [3.05, 3.63) is 75.1 Å². The van der Waals surface area contributed by atoms with E-state index in [4.69, 9.17) is 4.74 Å². The molecule has 1 aromatic heterocycles. The van der Waals surface area contributed by atoms with Crippen LogP contribution in [0.3, 0.4) is 0 Å². The van der Waals surface area contributed by atoms with E-state index in [1.54, 1.807) is 0 Å². The first kappa shape index (κ1) is 22.5. The maximum absolute atomic E-state index is 13.1. The summed E-state index contributed by atoms with van der Waals surface area (Å²) in [5.41, 5.74) is -6.72. The lowest BCUT2D eigenvalue weighted by Crippen LogP contribution is -2.14. The molecule has 0 N–H and O–H groups in total. The number of halogens is 9. The molecule has 0 saturated carbocycles. The SMILES string of the molecule is O=c1cc(C(F)(F)F)c2ccc(OCc3cc(C(F)(F)F)ccc3C(F)(F)F)cc2o1. The highest BCUT2D eigenvalue weighted by atomic mass is 19.4. The Kier molecular flexibility index (Phi) is 5.45. The van der Waals surface area contributed by atoms with Crippen molar-refractivity contribution >= 4 is 11.0 Å². The lowest BCUT2D eigenvalue weighted by molar-refractivity contribution is -0.142. The number of hydrogen-bond acceptors (Lipinski definition) is 3. The summed E-state index contributed by atoms with van der Waals surface area (Å²) in [4.78, 5) is 11.4. The van der Waals surface area contributed by atoms with Crippen molar-refractivity contribution in [3.63, 3.8) is 0 Å². The molecule has 0 saturated heterocycles. The number of hydrogen-bond donors (Lipinski definition) is 0. The zero-order chi connectivity index (χ0) is 23.2. The number of benzene rings is 2. The Morgan fingerprint density at radius 2 is 1.39 bits per heavy atom. The van der Waals surface area contributed by atoms with Gasteiger partial charge in [0.25, 0.3) is 0 Å². The van der Waals surface area contributed by atoms with Crippen molar-refractivity contribution in [1.29, 1.82) is 0 Å². The van der Waals surface area contributed by atoms with Crippen molar-refractivity contribution in [2.45, 2.75) is 25.1 Å². The Morgan fingerprint density at radius 1 is 0.742 bits per heavy atom. The van der Waals surface area contributed by atoms with Crippen LogP contribution in [0.5, 0.6) is 5.75 Å². The summed E-state index contributed by atoms with van der Waals surface area (Å²) in [7, 11) is 0. The average molecular weight is 456 g/mol. The Labute approximate surface area is 166 Å². The van der Waals surface area contributed by atoms with Crippen molar-refractivity contribution < 1.29 is 48.7 Å². The molecule has 166 valence electrons. The zero-order valence-electron chi connectivity index (χ0n) is 14.9. The summed E-state index contributed by atoms with van der Waals surface area (Å²) >= 11 is 0. The van der Waals surface area contributed by atoms with E-state index in [1.165, 1.54) is 0 Å².